The predicted octanol–water partition coefficient (Wildman–Crippen LogP) is -9.20. The van der Waals surface area contributed by atoms with Gasteiger partial charge in [0.1, 0.15) is 53.1 Å². The topological polar surface area (TPSA) is 421 Å². The summed E-state index contributed by atoms with van der Waals surface area (Å²) >= 11 is 0.0326. The van der Waals surface area contributed by atoms with Gasteiger partial charge < -0.3 is 41.0 Å². The van der Waals surface area contributed by atoms with E-state index in [0.29, 0.717) is 6.07 Å². The zero-order valence-electron chi connectivity index (χ0n) is 33.7. The third-order valence-electron chi connectivity index (χ3n) is 7.30. The molecule has 0 aliphatic rings. The van der Waals surface area contributed by atoms with Crippen molar-refractivity contribution in [2.45, 2.75) is 19.6 Å². The summed E-state index contributed by atoms with van der Waals surface area (Å²) in [7, 11) is -19.9. The van der Waals surface area contributed by atoms with E-state index >= 15 is 0 Å². The number of nitrogens with two attached hydrogens (primary N) is 2. The fourth-order valence-corrected chi connectivity index (χ4v) is 8.05. The van der Waals surface area contributed by atoms with Crippen molar-refractivity contribution in [2.75, 3.05) is 34.5 Å². The fourth-order valence-electron chi connectivity index (χ4n) is 4.68. The second-order valence-electron chi connectivity index (χ2n) is 11.4. The summed E-state index contributed by atoms with van der Waals surface area (Å²) in [5.74, 6) is -1.85. The Bertz CT molecular complexity index is 3020. The molecule has 0 saturated carbocycles. The van der Waals surface area contributed by atoms with Crippen molar-refractivity contribution < 1.29 is 189 Å². The number of hydrogen-bond donors (Lipinski definition) is 4. The number of rotatable bonds is 18. The van der Waals surface area contributed by atoms with Crippen LogP contribution in [0.15, 0.2) is 113 Å². The van der Waals surface area contributed by atoms with Crippen molar-refractivity contribution in [1.29, 1.82) is 0 Å². The SMILES string of the molecule is Nc1cc(N)c(N=Nc2ccc(S(=O)(=O)CCOSOO[O-])cc2S(=O)(=O)[O-])cc1N=Nc1cc(Nc2nc(F)nc(Nc3ccccc3S(=O)(=O)[O-])n2)ccc1S(=O)(=O)[O-].[Na+].[Na+].[Na+].[Na+]. The largest absolute Gasteiger partial charge is 1.00 e. The van der Waals surface area contributed by atoms with Gasteiger partial charge in [-0.05, 0) is 60.7 Å². The second kappa shape index (κ2) is 26.2. The quantitative estimate of drug-likeness (QED) is 0.00925. The maximum Gasteiger partial charge on any atom is 1.00 e. The first kappa shape index (κ1) is 61.1. The molecule has 0 unspecified atom stereocenters. The number of sulfone groups is 1. The van der Waals surface area contributed by atoms with Gasteiger partial charge >= 0.3 is 124 Å². The minimum atomic E-state index is -5.38. The molecule has 0 saturated heterocycles. The molecule has 5 aromatic rings. The van der Waals surface area contributed by atoms with Crippen LogP contribution in [0.5, 0.6) is 0 Å². The molecule has 324 valence electrons. The molecule has 0 aliphatic heterocycles. The molecule has 0 aliphatic carbocycles. The molecule has 26 nitrogen and oxygen atoms in total. The Morgan fingerprint density at radius 3 is 1.77 bits per heavy atom. The Labute approximate surface area is 461 Å². The molecule has 0 amide bonds. The van der Waals surface area contributed by atoms with Crippen molar-refractivity contribution in [3.05, 3.63) is 78.9 Å². The van der Waals surface area contributed by atoms with Gasteiger partial charge in [0.05, 0.1) is 49.0 Å². The average molecular weight is 1040 g/mol. The van der Waals surface area contributed by atoms with Gasteiger partial charge in [-0.1, -0.05) is 12.1 Å². The summed E-state index contributed by atoms with van der Waals surface area (Å²) in [6, 6.07) is 12.0. The van der Waals surface area contributed by atoms with Crippen LogP contribution in [0.1, 0.15) is 0 Å². The number of benzene rings is 4. The molecule has 0 radical (unpaired) electrons. The summed E-state index contributed by atoms with van der Waals surface area (Å²) in [5.41, 5.74) is 9.38. The zero-order valence-corrected chi connectivity index (χ0v) is 45.8. The van der Waals surface area contributed by atoms with Gasteiger partial charge in [0.2, 0.25) is 11.9 Å². The van der Waals surface area contributed by atoms with Crippen LogP contribution in [0, 0.1) is 6.08 Å². The standard InChI is InChI=1S/C29H26FN11O15S5.4Na/c30-27-35-28(37-29(36-27)34-19-3-1-2-4-24(19)59(45,46)47)33-15-5-8-25(60(48,49)50)23(11-15)41-40-22-14-21(17(31)13-18(22)32)39-38-20-7-6-16(12-26(20)61(51,52)53)58(43,44)10-9-54-57-56-55-42;;;;/h1-8,11-14,42H,9-10,31-32H2,(H,45,46,47)(H,48,49,50)(H,51,52,53)(H2,33,34,35,36,37);;;;/q;4*+1/p-4. The smallest absolute Gasteiger partial charge is 0.744 e. The molecular weight excluding hydrogens is 1010 g/mol. The maximum absolute atomic E-state index is 14.4. The summed E-state index contributed by atoms with van der Waals surface area (Å²) in [4.78, 5) is 7.45. The molecule has 0 spiro atoms. The van der Waals surface area contributed by atoms with Crippen LogP contribution in [0.4, 0.5) is 61.8 Å². The van der Waals surface area contributed by atoms with Crippen LogP contribution >= 0.6 is 12.3 Å². The zero-order chi connectivity index (χ0) is 44.8. The Hall–Kier alpha value is -1.91. The Balaban J connectivity index is 0.00000528. The average Bonchev–Trinajstić information content (AvgIpc) is 3.16. The molecule has 0 atom stereocenters. The van der Waals surface area contributed by atoms with E-state index in [0.717, 1.165) is 48.5 Å². The van der Waals surface area contributed by atoms with E-state index in [4.69, 9.17) is 11.5 Å². The van der Waals surface area contributed by atoms with Crippen LogP contribution in [0.25, 0.3) is 0 Å². The Kier molecular flexibility index (Phi) is 24.6. The van der Waals surface area contributed by atoms with Gasteiger partial charge in [0.15, 0.2) is 22.2 Å². The van der Waals surface area contributed by atoms with Crippen LogP contribution in [-0.4, -0.2) is 74.6 Å². The number of anilines is 6. The first-order valence-corrected chi connectivity index (χ1v) is 22.3. The maximum atomic E-state index is 14.4. The molecule has 6 N–H and O–H groups in total. The van der Waals surface area contributed by atoms with E-state index in [1.165, 1.54) is 18.2 Å². The van der Waals surface area contributed by atoms with Crippen molar-refractivity contribution in [3.8, 4) is 0 Å². The normalized spacial score (nSPS) is 11.8. The predicted molar refractivity (Wildman–Crippen MR) is 201 cm³/mol. The summed E-state index contributed by atoms with van der Waals surface area (Å²) in [6.45, 7) is -0.551. The van der Waals surface area contributed by atoms with Gasteiger partial charge in [-0.15, -0.1) is 24.8 Å². The van der Waals surface area contributed by atoms with Gasteiger partial charge in [-0.25, -0.2) is 33.7 Å². The molecular formula is C29H22FN11Na4O15S5. The number of halogens is 1. The van der Waals surface area contributed by atoms with Crippen LogP contribution in [-0.2, 0) is 53.7 Å². The molecule has 65 heavy (non-hydrogen) atoms. The minimum Gasteiger partial charge on any atom is -0.744 e. The van der Waals surface area contributed by atoms with E-state index in [9.17, 15) is 57.0 Å². The van der Waals surface area contributed by atoms with Gasteiger partial charge in [0.25, 0.3) is 0 Å². The van der Waals surface area contributed by atoms with Gasteiger partial charge in [0, 0.05) is 5.69 Å². The van der Waals surface area contributed by atoms with Gasteiger partial charge in [-0.3, -0.25) is 9.22 Å². The van der Waals surface area contributed by atoms with Crippen molar-refractivity contribution >= 4 is 110 Å². The number of hydrogen-bond acceptors (Lipinski definition) is 27. The fraction of sp³-hybridized carbons (Fsp3) is 0.0690. The van der Waals surface area contributed by atoms with E-state index in [1.807, 2.05) is 0 Å². The van der Waals surface area contributed by atoms with Crippen LogP contribution in [0.3, 0.4) is 0 Å². The first-order chi connectivity index (χ1) is 28.5. The molecule has 0 fully saturated rings. The minimum absolute atomic E-state index is 0. The summed E-state index contributed by atoms with van der Waals surface area (Å²) in [6.07, 6.45) is -1.39. The van der Waals surface area contributed by atoms with Gasteiger partial charge in [-0.2, -0.15) is 19.3 Å². The molecule has 0 bridgehead atoms. The first-order valence-electron chi connectivity index (χ1n) is 15.8. The summed E-state index contributed by atoms with van der Waals surface area (Å²) < 4.78 is 156. The molecule has 36 heteroatoms. The Morgan fingerprint density at radius 1 is 0.631 bits per heavy atom. The number of aromatic nitrogens is 3. The van der Waals surface area contributed by atoms with Crippen LogP contribution < -0.4 is 146 Å². The number of azo groups is 2. The summed E-state index contributed by atoms with van der Waals surface area (Å²) in [5, 5.41) is 32.9. The third kappa shape index (κ3) is 17.5. The molecule has 1 heterocycles. The number of para-hydroxylation sites is 1. The molecule has 4 aromatic carbocycles. The van der Waals surface area contributed by atoms with Crippen molar-refractivity contribution in [3.63, 3.8) is 0 Å². The van der Waals surface area contributed by atoms with Crippen LogP contribution in [0.2, 0.25) is 0 Å². The molecule has 1 aromatic heterocycles. The number of nitrogens with one attached hydrogen (secondary N) is 2. The Morgan fingerprint density at radius 2 is 1.18 bits per heavy atom. The molecule has 5 rings (SSSR count). The third-order valence-corrected chi connectivity index (χ3v) is 12.0. The van der Waals surface area contributed by atoms with E-state index < -0.39 is 101 Å². The number of nitrogens with zero attached hydrogens (tertiary/aromatic N) is 7. The monoisotopic (exact) mass is 1030 g/mol. The van der Waals surface area contributed by atoms with E-state index in [-0.39, 0.29) is 165 Å². The van der Waals surface area contributed by atoms with Crippen molar-refractivity contribution in [1.82, 2.24) is 15.0 Å². The number of nitrogen functional groups attached to an aromatic ring is 2. The van der Waals surface area contributed by atoms with E-state index in [1.54, 1.807) is 0 Å². The van der Waals surface area contributed by atoms with E-state index in [2.05, 4.69) is 59.6 Å². The second-order valence-corrected chi connectivity index (χ2v) is 18.0. The van der Waals surface area contributed by atoms with Crippen molar-refractivity contribution in [2.24, 2.45) is 20.5 Å².